The maximum Gasteiger partial charge on any atom is 0.225 e. The monoisotopic (exact) mass is 346 g/mol. The molecule has 6 heteroatoms. The lowest BCUT2D eigenvalue weighted by Gasteiger charge is -2.33. The van der Waals surface area contributed by atoms with E-state index in [2.05, 4.69) is 22.4 Å². The Morgan fingerprint density at radius 1 is 1.36 bits per heavy atom. The molecule has 1 atom stereocenters. The van der Waals surface area contributed by atoms with Crippen LogP contribution in [-0.2, 0) is 16.0 Å². The standard InChI is InChI=1S/C19H30N4O2/c1-13-5-7-17(8-6-13)23-12-16(10-18(23)24)19(25)20-9-3-4-15-11-21-22-14(15)2/h11,13,16-17H,3-10,12H2,1-2H3,(H,20,25)(H,21,22)/t13?,16-,17?/m0/s1. The van der Waals surface area contributed by atoms with Crippen molar-refractivity contribution in [2.75, 3.05) is 13.1 Å². The SMILES string of the molecule is Cc1[nH]ncc1CCCNC(=O)[C@H]1CC(=O)N(C2CCC(C)CC2)C1. The highest BCUT2D eigenvalue weighted by molar-refractivity contribution is 5.89. The van der Waals surface area contributed by atoms with Gasteiger partial charge in [0.15, 0.2) is 0 Å². The number of hydrogen-bond acceptors (Lipinski definition) is 3. The molecular weight excluding hydrogens is 316 g/mol. The summed E-state index contributed by atoms with van der Waals surface area (Å²) in [5.41, 5.74) is 2.29. The summed E-state index contributed by atoms with van der Waals surface area (Å²) in [6.07, 6.45) is 8.57. The van der Waals surface area contributed by atoms with Crippen LogP contribution in [0, 0.1) is 18.8 Å². The molecule has 1 saturated heterocycles. The minimum atomic E-state index is -0.178. The number of carbonyl (C=O) groups is 2. The van der Waals surface area contributed by atoms with Crippen molar-refractivity contribution in [1.82, 2.24) is 20.4 Å². The van der Waals surface area contributed by atoms with Gasteiger partial charge < -0.3 is 10.2 Å². The van der Waals surface area contributed by atoms with Crippen LogP contribution in [0.25, 0.3) is 0 Å². The molecule has 2 heterocycles. The molecule has 0 radical (unpaired) electrons. The second-order valence-electron chi connectivity index (χ2n) is 7.78. The molecule has 25 heavy (non-hydrogen) atoms. The van der Waals surface area contributed by atoms with Gasteiger partial charge in [0.1, 0.15) is 0 Å². The minimum Gasteiger partial charge on any atom is -0.356 e. The maximum absolute atomic E-state index is 12.4. The van der Waals surface area contributed by atoms with Crippen molar-refractivity contribution in [3.8, 4) is 0 Å². The number of aromatic nitrogens is 2. The van der Waals surface area contributed by atoms with Gasteiger partial charge in [-0.1, -0.05) is 6.92 Å². The molecule has 0 bridgehead atoms. The third-order valence-corrected chi connectivity index (χ3v) is 5.81. The summed E-state index contributed by atoms with van der Waals surface area (Å²) >= 11 is 0. The number of hydrogen-bond donors (Lipinski definition) is 2. The van der Waals surface area contributed by atoms with Crippen molar-refractivity contribution >= 4 is 11.8 Å². The van der Waals surface area contributed by atoms with Crippen LogP contribution in [0.5, 0.6) is 0 Å². The number of nitrogens with zero attached hydrogens (tertiary/aromatic N) is 2. The molecule has 0 spiro atoms. The van der Waals surface area contributed by atoms with E-state index in [0.29, 0.717) is 25.6 Å². The summed E-state index contributed by atoms with van der Waals surface area (Å²) in [6.45, 7) is 5.54. The molecule has 1 aromatic rings. The fraction of sp³-hybridized carbons (Fsp3) is 0.737. The Labute approximate surface area is 149 Å². The number of aromatic amines is 1. The van der Waals surface area contributed by atoms with Crippen molar-refractivity contribution in [3.05, 3.63) is 17.5 Å². The molecule has 2 fully saturated rings. The molecule has 2 N–H and O–H groups in total. The first-order valence-electron chi connectivity index (χ1n) is 9.60. The van der Waals surface area contributed by atoms with Gasteiger partial charge in [0, 0.05) is 31.2 Å². The first kappa shape index (κ1) is 18.0. The van der Waals surface area contributed by atoms with E-state index in [9.17, 15) is 9.59 Å². The Bertz CT molecular complexity index is 604. The third-order valence-electron chi connectivity index (χ3n) is 5.81. The highest BCUT2D eigenvalue weighted by atomic mass is 16.2. The van der Waals surface area contributed by atoms with Crippen LogP contribution < -0.4 is 5.32 Å². The normalized spacial score (nSPS) is 26.9. The first-order chi connectivity index (χ1) is 12.0. The zero-order chi connectivity index (χ0) is 17.8. The zero-order valence-electron chi connectivity index (χ0n) is 15.4. The number of aryl methyl sites for hydroxylation is 2. The van der Waals surface area contributed by atoms with Gasteiger partial charge in [-0.25, -0.2) is 0 Å². The highest BCUT2D eigenvalue weighted by Gasteiger charge is 2.38. The Morgan fingerprint density at radius 2 is 2.12 bits per heavy atom. The van der Waals surface area contributed by atoms with E-state index in [1.54, 1.807) is 0 Å². The second-order valence-corrected chi connectivity index (χ2v) is 7.78. The molecule has 2 aliphatic rings. The Kier molecular flexibility index (Phi) is 5.76. The number of carbonyl (C=O) groups excluding carboxylic acids is 2. The Morgan fingerprint density at radius 3 is 2.80 bits per heavy atom. The maximum atomic E-state index is 12.4. The van der Waals surface area contributed by atoms with E-state index in [4.69, 9.17) is 0 Å². The molecule has 0 aromatic carbocycles. The van der Waals surface area contributed by atoms with Gasteiger partial charge in [-0.05, 0) is 56.9 Å². The van der Waals surface area contributed by atoms with Crippen LogP contribution in [-0.4, -0.2) is 46.0 Å². The summed E-state index contributed by atoms with van der Waals surface area (Å²) in [6, 6.07) is 0.352. The van der Waals surface area contributed by atoms with Gasteiger partial charge in [0.2, 0.25) is 11.8 Å². The lowest BCUT2D eigenvalue weighted by atomic mass is 9.87. The van der Waals surface area contributed by atoms with Gasteiger partial charge in [-0.15, -0.1) is 0 Å². The number of nitrogens with one attached hydrogen (secondary N) is 2. The third kappa shape index (κ3) is 4.41. The van der Waals surface area contributed by atoms with Gasteiger partial charge in [0.25, 0.3) is 0 Å². The highest BCUT2D eigenvalue weighted by Crippen LogP contribution is 2.31. The van der Waals surface area contributed by atoms with E-state index in [0.717, 1.165) is 37.3 Å². The van der Waals surface area contributed by atoms with Gasteiger partial charge in [-0.2, -0.15) is 5.10 Å². The zero-order valence-corrected chi connectivity index (χ0v) is 15.4. The van der Waals surface area contributed by atoms with Crippen LogP contribution in [0.3, 0.4) is 0 Å². The van der Waals surface area contributed by atoms with Gasteiger partial charge >= 0.3 is 0 Å². The minimum absolute atomic E-state index is 0.0314. The largest absolute Gasteiger partial charge is 0.356 e. The fourth-order valence-electron chi connectivity index (χ4n) is 4.08. The molecule has 1 aliphatic carbocycles. The topological polar surface area (TPSA) is 78.1 Å². The predicted molar refractivity (Wildman–Crippen MR) is 95.9 cm³/mol. The second kappa shape index (κ2) is 8.02. The van der Waals surface area contributed by atoms with Crippen LogP contribution in [0.1, 0.15) is 56.7 Å². The first-order valence-corrected chi connectivity index (χ1v) is 9.60. The van der Waals surface area contributed by atoms with Crippen LogP contribution in [0.4, 0.5) is 0 Å². The van der Waals surface area contributed by atoms with E-state index in [1.807, 2.05) is 18.0 Å². The van der Waals surface area contributed by atoms with E-state index >= 15 is 0 Å². The van der Waals surface area contributed by atoms with E-state index in [-0.39, 0.29) is 17.7 Å². The van der Waals surface area contributed by atoms with Crippen LogP contribution >= 0.6 is 0 Å². The summed E-state index contributed by atoms with van der Waals surface area (Å²) in [5, 5.41) is 9.94. The lowest BCUT2D eigenvalue weighted by Crippen LogP contribution is -2.40. The predicted octanol–water partition coefficient (Wildman–Crippen LogP) is 2.19. The van der Waals surface area contributed by atoms with Crippen molar-refractivity contribution in [3.63, 3.8) is 0 Å². The van der Waals surface area contributed by atoms with Crippen LogP contribution in [0.2, 0.25) is 0 Å². The van der Waals surface area contributed by atoms with Crippen LogP contribution in [0.15, 0.2) is 6.20 Å². The lowest BCUT2D eigenvalue weighted by molar-refractivity contribution is -0.130. The smallest absolute Gasteiger partial charge is 0.225 e. The molecule has 138 valence electrons. The summed E-state index contributed by atoms with van der Waals surface area (Å²) in [7, 11) is 0. The van der Waals surface area contributed by atoms with Crippen molar-refractivity contribution in [1.29, 1.82) is 0 Å². The van der Waals surface area contributed by atoms with E-state index in [1.165, 1.54) is 18.4 Å². The number of amides is 2. The average Bonchev–Trinajstić information content (AvgIpc) is 3.18. The Hall–Kier alpha value is -1.85. The fourth-order valence-corrected chi connectivity index (χ4v) is 4.08. The Balaban J connectivity index is 1.41. The van der Waals surface area contributed by atoms with Crippen molar-refractivity contribution in [2.45, 2.75) is 64.8 Å². The molecule has 2 amide bonds. The molecule has 1 aliphatic heterocycles. The number of likely N-dealkylation sites (tertiary alicyclic amines) is 1. The molecule has 0 unspecified atom stereocenters. The summed E-state index contributed by atoms with van der Waals surface area (Å²) in [4.78, 5) is 26.7. The molecule has 3 rings (SSSR count). The number of rotatable bonds is 6. The van der Waals surface area contributed by atoms with E-state index < -0.39 is 0 Å². The van der Waals surface area contributed by atoms with Gasteiger partial charge in [-0.3, -0.25) is 14.7 Å². The number of H-pyrrole nitrogens is 1. The molecular formula is C19H30N4O2. The summed E-state index contributed by atoms with van der Waals surface area (Å²) in [5.74, 6) is 0.784. The van der Waals surface area contributed by atoms with Crippen molar-refractivity contribution in [2.24, 2.45) is 11.8 Å². The average molecular weight is 346 g/mol. The molecule has 6 nitrogen and oxygen atoms in total. The van der Waals surface area contributed by atoms with Crippen molar-refractivity contribution < 1.29 is 9.59 Å². The summed E-state index contributed by atoms with van der Waals surface area (Å²) < 4.78 is 0. The van der Waals surface area contributed by atoms with Gasteiger partial charge in [0.05, 0.1) is 12.1 Å². The quantitative estimate of drug-likeness (QED) is 0.775. The molecule has 1 saturated carbocycles. The molecule has 1 aromatic heterocycles.